The molecule has 0 amide bonds. The van der Waals surface area contributed by atoms with Gasteiger partial charge in [0.1, 0.15) is 0 Å². The Morgan fingerprint density at radius 2 is 2.07 bits per heavy atom. The normalized spacial score (nSPS) is 11.0. The standard InChI is InChI=1S/C17H14ClN7OS/c1-25-8-11(6-21-25)15-22-16(19)24-17(23-15)27-9-14-20-7-13(26-14)10-3-2-4-12(18)5-10/h2-8H,9H2,1H3,(H2,19,22,23,24). The number of thioether (sulfide) groups is 1. The highest BCUT2D eigenvalue weighted by molar-refractivity contribution is 7.98. The summed E-state index contributed by atoms with van der Waals surface area (Å²) in [5, 5.41) is 5.25. The number of nitrogens with zero attached hydrogens (tertiary/aromatic N) is 6. The fourth-order valence-corrected chi connectivity index (χ4v) is 3.27. The Hall–Kier alpha value is -2.91. The number of benzene rings is 1. The molecule has 0 spiro atoms. The van der Waals surface area contributed by atoms with Gasteiger partial charge in [0.05, 0.1) is 23.7 Å². The van der Waals surface area contributed by atoms with Crippen molar-refractivity contribution in [1.82, 2.24) is 29.7 Å². The van der Waals surface area contributed by atoms with Gasteiger partial charge in [0.15, 0.2) is 16.7 Å². The summed E-state index contributed by atoms with van der Waals surface area (Å²) in [6.07, 6.45) is 5.16. The van der Waals surface area contributed by atoms with Crippen LogP contribution in [0.15, 0.2) is 52.4 Å². The Morgan fingerprint density at radius 1 is 1.19 bits per heavy atom. The largest absolute Gasteiger partial charge is 0.440 e. The Balaban J connectivity index is 1.50. The van der Waals surface area contributed by atoms with Gasteiger partial charge in [0.25, 0.3) is 0 Å². The Labute approximate surface area is 163 Å². The number of hydrogen-bond acceptors (Lipinski definition) is 8. The zero-order valence-electron chi connectivity index (χ0n) is 14.2. The van der Waals surface area contributed by atoms with Crippen LogP contribution in [-0.2, 0) is 12.8 Å². The lowest BCUT2D eigenvalue weighted by atomic mass is 10.2. The Morgan fingerprint density at radius 3 is 2.85 bits per heavy atom. The van der Waals surface area contributed by atoms with Gasteiger partial charge in [0.2, 0.25) is 11.8 Å². The molecule has 27 heavy (non-hydrogen) atoms. The fraction of sp³-hybridized carbons (Fsp3) is 0.118. The second-order valence-electron chi connectivity index (χ2n) is 5.62. The second-order valence-corrected chi connectivity index (χ2v) is 7.00. The third-order valence-corrected chi connectivity index (χ3v) is 4.65. The molecule has 3 aromatic heterocycles. The predicted octanol–water partition coefficient (Wildman–Crippen LogP) is 3.46. The molecule has 0 aliphatic carbocycles. The molecule has 0 saturated carbocycles. The number of nitrogens with two attached hydrogens (primary N) is 1. The molecule has 0 bridgehead atoms. The van der Waals surface area contributed by atoms with Crippen LogP contribution in [0.2, 0.25) is 5.02 Å². The highest BCUT2D eigenvalue weighted by Crippen LogP contribution is 2.27. The summed E-state index contributed by atoms with van der Waals surface area (Å²) in [5.74, 6) is 2.29. The van der Waals surface area contributed by atoms with E-state index >= 15 is 0 Å². The van der Waals surface area contributed by atoms with Gasteiger partial charge < -0.3 is 10.2 Å². The minimum absolute atomic E-state index is 0.151. The van der Waals surface area contributed by atoms with E-state index in [9.17, 15) is 0 Å². The van der Waals surface area contributed by atoms with E-state index in [1.54, 1.807) is 17.1 Å². The van der Waals surface area contributed by atoms with Gasteiger partial charge in [0, 0.05) is 23.8 Å². The van der Waals surface area contributed by atoms with Crippen LogP contribution in [-0.4, -0.2) is 29.7 Å². The van der Waals surface area contributed by atoms with Crippen molar-refractivity contribution >= 4 is 29.3 Å². The van der Waals surface area contributed by atoms with Crippen molar-refractivity contribution in [2.75, 3.05) is 5.73 Å². The quantitative estimate of drug-likeness (QED) is 0.508. The molecule has 0 saturated heterocycles. The molecule has 10 heteroatoms. The molecule has 0 atom stereocenters. The minimum Gasteiger partial charge on any atom is -0.440 e. The van der Waals surface area contributed by atoms with E-state index < -0.39 is 0 Å². The second kappa shape index (κ2) is 7.37. The van der Waals surface area contributed by atoms with E-state index in [2.05, 4.69) is 25.0 Å². The van der Waals surface area contributed by atoms with E-state index in [4.69, 9.17) is 21.8 Å². The van der Waals surface area contributed by atoms with Crippen molar-refractivity contribution in [2.45, 2.75) is 10.9 Å². The molecule has 2 N–H and O–H groups in total. The lowest BCUT2D eigenvalue weighted by molar-refractivity contribution is 0.530. The summed E-state index contributed by atoms with van der Waals surface area (Å²) < 4.78 is 7.46. The van der Waals surface area contributed by atoms with Crippen molar-refractivity contribution in [2.24, 2.45) is 7.05 Å². The van der Waals surface area contributed by atoms with Crippen LogP contribution in [0.4, 0.5) is 5.95 Å². The molecule has 8 nitrogen and oxygen atoms in total. The van der Waals surface area contributed by atoms with Crippen molar-refractivity contribution in [3.63, 3.8) is 0 Å². The van der Waals surface area contributed by atoms with Crippen LogP contribution in [0.5, 0.6) is 0 Å². The zero-order valence-corrected chi connectivity index (χ0v) is 15.8. The van der Waals surface area contributed by atoms with Crippen LogP contribution in [0, 0.1) is 0 Å². The lowest BCUT2D eigenvalue weighted by Gasteiger charge is -2.02. The first-order valence-electron chi connectivity index (χ1n) is 7.91. The van der Waals surface area contributed by atoms with Gasteiger partial charge >= 0.3 is 0 Å². The average molecular weight is 400 g/mol. The van der Waals surface area contributed by atoms with E-state index in [-0.39, 0.29) is 5.95 Å². The topological polar surface area (TPSA) is 109 Å². The summed E-state index contributed by atoms with van der Waals surface area (Å²) >= 11 is 7.38. The van der Waals surface area contributed by atoms with Gasteiger partial charge in [-0.05, 0) is 12.1 Å². The number of aryl methyl sites for hydroxylation is 1. The molecule has 0 fully saturated rings. The summed E-state index contributed by atoms with van der Waals surface area (Å²) in [6, 6.07) is 7.41. The maximum atomic E-state index is 6.02. The lowest BCUT2D eigenvalue weighted by Crippen LogP contribution is -2.01. The smallest absolute Gasteiger partial charge is 0.224 e. The van der Waals surface area contributed by atoms with Gasteiger partial charge in [-0.15, -0.1) is 0 Å². The van der Waals surface area contributed by atoms with Gasteiger partial charge in [-0.25, -0.2) is 9.97 Å². The predicted molar refractivity (Wildman–Crippen MR) is 103 cm³/mol. The third kappa shape index (κ3) is 4.09. The highest BCUT2D eigenvalue weighted by atomic mass is 35.5. The number of halogens is 1. The molecule has 3 heterocycles. The number of hydrogen-bond donors (Lipinski definition) is 1. The Kier molecular flexibility index (Phi) is 4.78. The number of oxazole rings is 1. The third-order valence-electron chi connectivity index (χ3n) is 3.58. The number of aromatic nitrogens is 6. The van der Waals surface area contributed by atoms with Crippen LogP contribution < -0.4 is 5.73 Å². The molecule has 1 aromatic carbocycles. The first-order valence-corrected chi connectivity index (χ1v) is 9.27. The first-order chi connectivity index (χ1) is 13.1. The van der Waals surface area contributed by atoms with Crippen molar-refractivity contribution in [3.05, 3.63) is 53.8 Å². The molecule has 0 aliphatic rings. The van der Waals surface area contributed by atoms with Crippen LogP contribution >= 0.6 is 23.4 Å². The number of rotatable bonds is 5. The molecule has 0 unspecified atom stereocenters. The van der Waals surface area contributed by atoms with Crippen molar-refractivity contribution < 1.29 is 4.42 Å². The van der Waals surface area contributed by atoms with Crippen LogP contribution in [0.1, 0.15) is 5.89 Å². The molecule has 0 aliphatic heterocycles. The summed E-state index contributed by atoms with van der Waals surface area (Å²) in [7, 11) is 1.82. The van der Waals surface area contributed by atoms with Gasteiger partial charge in [-0.2, -0.15) is 15.1 Å². The van der Waals surface area contributed by atoms with Gasteiger partial charge in [-0.1, -0.05) is 35.5 Å². The maximum absolute atomic E-state index is 6.02. The minimum atomic E-state index is 0.151. The Bertz CT molecular complexity index is 1090. The summed E-state index contributed by atoms with van der Waals surface area (Å²) in [5.41, 5.74) is 7.45. The van der Waals surface area contributed by atoms with E-state index in [0.717, 1.165) is 11.1 Å². The first kappa shape index (κ1) is 17.5. The maximum Gasteiger partial charge on any atom is 0.224 e. The zero-order chi connectivity index (χ0) is 18.8. The van der Waals surface area contributed by atoms with Crippen molar-refractivity contribution in [3.8, 4) is 22.7 Å². The van der Waals surface area contributed by atoms with Gasteiger partial charge in [-0.3, -0.25) is 4.68 Å². The number of nitrogen functional groups attached to an aromatic ring is 1. The molecular formula is C17H14ClN7OS. The van der Waals surface area contributed by atoms with E-state index in [0.29, 0.717) is 33.4 Å². The molecule has 136 valence electrons. The molecule has 4 aromatic rings. The van der Waals surface area contributed by atoms with Crippen LogP contribution in [0.25, 0.3) is 22.7 Å². The highest BCUT2D eigenvalue weighted by Gasteiger charge is 2.12. The summed E-state index contributed by atoms with van der Waals surface area (Å²) in [6.45, 7) is 0. The van der Waals surface area contributed by atoms with E-state index in [1.807, 2.05) is 37.5 Å². The van der Waals surface area contributed by atoms with Crippen LogP contribution in [0.3, 0.4) is 0 Å². The average Bonchev–Trinajstić information content (AvgIpc) is 3.29. The monoisotopic (exact) mass is 399 g/mol. The fourth-order valence-electron chi connectivity index (χ4n) is 2.38. The van der Waals surface area contributed by atoms with Crippen molar-refractivity contribution in [1.29, 1.82) is 0 Å². The molecule has 0 radical (unpaired) electrons. The van der Waals surface area contributed by atoms with E-state index in [1.165, 1.54) is 11.8 Å². The SMILES string of the molecule is Cn1cc(-c2nc(N)nc(SCc3ncc(-c4cccc(Cl)c4)o3)n2)cn1. The number of anilines is 1. The molecule has 4 rings (SSSR count). The molecular weight excluding hydrogens is 386 g/mol. The summed E-state index contributed by atoms with van der Waals surface area (Å²) in [4.78, 5) is 17.1.